The molecule has 1 aliphatic rings. The minimum atomic E-state index is -0.461. The van der Waals surface area contributed by atoms with Crippen molar-refractivity contribution in [1.82, 2.24) is 9.97 Å². The number of fused-ring (bicyclic) bond motifs is 2. The summed E-state index contributed by atoms with van der Waals surface area (Å²) in [7, 11) is 0. The van der Waals surface area contributed by atoms with Crippen molar-refractivity contribution in [2.75, 3.05) is 11.4 Å². The van der Waals surface area contributed by atoms with Gasteiger partial charge >= 0.3 is 0 Å². The molecule has 0 unspecified atom stereocenters. The van der Waals surface area contributed by atoms with Crippen LogP contribution in [-0.2, 0) is 6.42 Å². The number of anilines is 2. The molecule has 0 spiro atoms. The monoisotopic (exact) mass is 386 g/mol. The molecule has 0 saturated carbocycles. The van der Waals surface area contributed by atoms with Crippen molar-refractivity contribution < 1.29 is 4.92 Å². The fourth-order valence-electron chi connectivity index (χ4n) is 3.06. The number of nitrogens with one attached hydrogen (secondary N) is 1. The second kappa shape index (κ2) is 5.41. The summed E-state index contributed by atoms with van der Waals surface area (Å²) in [5.74, 6) is 0. The van der Waals surface area contributed by atoms with E-state index < -0.39 is 4.92 Å². The topological polar surface area (TPSA) is 92.1 Å². The van der Waals surface area contributed by atoms with Gasteiger partial charge < -0.3 is 9.88 Å². The van der Waals surface area contributed by atoms with Crippen LogP contribution in [0.1, 0.15) is 5.56 Å². The maximum absolute atomic E-state index is 11.9. The minimum Gasteiger partial charge on any atom is -0.335 e. The number of aromatic nitrogens is 2. The number of nitro groups is 1. The summed E-state index contributed by atoms with van der Waals surface area (Å²) in [6.45, 7) is 0.640. The number of aromatic amines is 1. The number of benzene rings is 2. The summed E-state index contributed by atoms with van der Waals surface area (Å²) in [6.07, 6.45) is 2.11. The van der Waals surface area contributed by atoms with Crippen LogP contribution in [-0.4, -0.2) is 21.4 Å². The highest BCUT2D eigenvalue weighted by molar-refractivity contribution is 9.10. The summed E-state index contributed by atoms with van der Waals surface area (Å²) >= 11 is 3.44. The Morgan fingerprint density at radius 3 is 2.88 bits per heavy atom. The zero-order valence-corrected chi connectivity index (χ0v) is 13.9. The summed E-state index contributed by atoms with van der Waals surface area (Å²) < 4.78 is 0.908. The number of nitrogens with zero attached hydrogens (tertiary/aromatic N) is 3. The molecule has 8 heteroatoms. The van der Waals surface area contributed by atoms with Gasteiger partial charge in [-0.15, -0.1) is 0 Å². The zero-order chi connectivity index (χ0) is 16.8. The van der Waals surface area contributed by atoms with Crippen LogP contribution >= 0.6 is 15.9 Å². The Hall–Kier alpha value is -2.74. The van der Waals surface area contributed by atoms with Crippen LogP contribution in [0.3, 0.4) is 0 Å². The molecule has 2 aromatic carbocycles. The number of halogens is 1. The third-order valence-electron chi connectivity index (χ3n) is 4.17. The molecule has 0 bridgehead atoms. The predicted octanol–water partition coefficient (Wildman–Crippen LogP) is 3.29. The van der Waals surface area contributed by atoms with E-state index in [4.69, 9.17) is 0 Å². The van der Waals surface area contributed by atoms with Gasteiger partial charge in [-0.3, -0.25) is 14.9 Å². The Labute approximate surface area is 144 Å². The standard InChI is InChI=1S/C16H11BrN4O3/c17-10-2-1-9-3-4-20(13(9)5-10)14-7-12-11(6-15(14)21(23)24)16(22)19-8-18-12/h1-2,5-8H,3-4H2,(H,18,19,22). The van der Waals surface area contributed by atoms with Crippen molar-refractivity contribution >= 4 is 43.9 Å². The molecule has 7 nitrogen and oxygen atoms in total. The maximum atomic E-state index is 11.9. The van der Waals surface area contributed by atoms with Gasteiger partial charge in [0.15, 0.2) is 0 Å². The van der Waals surface area contributed by atoms with Gasteiger partial charge in [-0.05, 0) is 30.2 Å². The van der Waals surface area contributed by atoms with Crippen molar-refractivity contribution in [3.63, 3.8) is 0 Å². The fourth-order valence-corrected chi connectivity index (χ4v) is 3.41. The quantitative estimate of drug-likeness (QED) is 0.538. The highest BCUT2D eigenvalue weighted by Crippen LogP contribution is 2.41. The average Bonchev–Trinajstić information content (AvgIpc) is 2.97. The molecule has 0 radical (unpaired) electrons. The Bertz CT molecular complexity index is 1050. The van der Waals surface area contributed by atoms with Crippen molar-refractivity contribution in [3.05, 3.63) is 67.2 Å². The van der Waals surface area contributed by atoms with Gasteiger partial charge in [0.05, 0.1) is 22.2 Å². The largest absolute Gasteiger partial charge is 0.335 e. The SMILES string of the molecule is O=c1[nH]cnc2cc(N3CCc4ccc(Br)cc43)c([N+](=O)[O-])cc12. The summed E-state index contributed by atoms with van der Waals surface area (Å²) in [5.41, 5.74) is 2.45. The van der Waals surface area contributed by atoms with E-state index in [9.17, 15) is 14.9 Å². The second-order valence-electron chi connectivity index (χ2n) is 5.52. The van der Waals surface area contributed by atoms with Crippen LogP contribution < -0.4 is 10.5 Å². The van der Waals surface area contributed by atoms with Crippen LogP contribution in [0.25, 0.3) is 10.9 Å². The third kappa shape index (κ3) is 2.26. The van der Waals surface area contributed by atoms with Crippen molar-refractivity contribution in [1.29, 1.82) is 0 Å². The van der Waals surface area contributed by atoms with Crippen LogP contribution in [0.4, 0.5) is 17.1 Å². The lowest BCUT2D eigenvalue weighted by Crippen LogP contribution is -2.16. The van der Waals surface area contributed by atoms with Crippen LogP contribution in [0.5, 0.6) is 0 Å². The smallest absolute Gasteiger partial charge is 0.293 e. The molecule has 1 N–H and O–H groups in total. The van der Waals surface area contributed by atoms with Gasteiger partial charge in [0.1, 0.15) is 5.69 Å². The predicted molar refractivity (Wildman–Crippen MR) is 93.9 cm³/mol. The number of nitro benzene ring substituents is 1. The second-order valence-corrected chi connectivity index (χ2v) is 6.44. The minimum absolute atomic E-state index is 0.103. The summed E-state index contributed by atoms with van der Waals surface area (Å²) in [5, 5.41) is 11.8. The first-order valence-electron chi connectivity index (χ1n) is 7.26. The molecular formula is C16H11BrN4O3. The van der Waals surface area contributed by atoms with Crippen molar-refractivity contribution in [3.8, 4) is 0 Å². The lowest BCUT2D eigenvalue weighted by atomic mass is 10.1. The molecule has 24 heavy (non-hydrogen) atoms. The molecule has 0 saturated heterocycles. The zero-order valence-electron chi connectivity index (χ0n) is 12.3. The third-order valence-corrected chi connectivity index (χ3v) is 4.66. The molecule has 120 valence electrons. The van der Waals surface area contributed by atoms with Gasteiger partial charge in [-0.1, -0.05) is 22.0 Å². The normalized spacial score (nSPS) is 13.3. The molecule has 1 aliphatic heterocycles. The molecular weight excluding hydrogens is 376 g/mol. The lowest BCUT2D eigenvalue weighted by Gasteiger charge is -2.20. The molecule has 3 aromatic rings. The van der Waals surface area contributed by atoms with E-state index in [1.54, 1.807) is 6.07 Å². The Kier molecular flexibility index (Phi) is 3.34. The van der Waals surface area contributed by atoms with Gasteiger partial charge in [0.25, 0.3) is 11.2 Å². The number of hydrogen-bond acceptors (Lipinski definition) is 5. The Morgan fingerprint density at radius 1 is 1.25 bits per heavy atom. The van der Waals surface area contributed by atoms with E-state index in [2.05, 4.69) is 25.9 Å². The molecule has 0 amide bonds. The summed E-state index contributed by atoms with van der Waals surface area (Å²) in [4.78, 5) is 31.5. The average molecular weight is 387 g/mol. The first-order valence-corrected chi connectivity index (χ1v) is 8.06. The highest BCUT2D eigenvalue weighted by atomic mass is 79.9. The molecule has 0 fully saturated rings. The summed E-state index contributed by atoms with van der Waals surface area (Å²) in [6, 6.07) is 8.82. The molecule has 0 atom stereocenters. The van der Waals surface area contributed by atoms with E-state index in [1.165, 1.54) is 12.4 Å². The highest BCUT2D eigenvalue weighted by Gasteiger charge is 2.28. The van der Waals surface area contributed by atoms with Crippen LogP contribution in [0.2, 0.25) is 0 Å². The fraction of sp³-hybridized carbons (Fsp3) is 0.125. The molecule has 0 aliphatic carbocycles. The number of hydrogen-bond donors (Lipinski definition) is 1. The lowest BCUT2D eigenvalue weighted by molar-refractivity contribution is -0.384. The van der Waals surface area contributed by atoms with Gasteiger partial charge in [0, 0.05) is 22.8 Å². The van der Waals surface area contributed by atoms with Crippen LogP contribution in [0, 0.1) is 10.1 Å². The Morgan fingerprint density at radius 2 is 2.08 bits per heavy atom. The Balaban J connectivity index is 1.98. The van der Waals surface area contributed by atoms with Gasteiger partial charge in [0.2, 0.25) is 0 Å². The van der Waals surface area contributed by atoms with E-state index in [1.807, 2.05) is 23.1 Å². The van der Waals surface area contributed by atoms with E-state index in [0.29, 0.717) is 17.7 Å². The van der Waals surface area contributed by atoms with Crippen molar-refractivity contribution in [2.45, 2.75) is 6.42 Å². The molecule has 2 heterocycles. The van der Waals surface area contributed by atoms with Gasteiger partial charge in [-0.2, -0.15) is 0 Å². The van der Waals surface area contributed by atoms with E-state index >= 15 is 0 Å². The van der Waals surface area contributed by atoms with E-state index in [0.717, 1.165) is 22.1 Å². The first kappa shape index (κ1) is 14.8. The number of H-pyrrole nitrogens is 1. The maximum Gasteiger partial charge on any atom is 0.293 e. The van der Waals surface area contributed by atoms with E-state index in [-0.39, 0.29) is 16.6 Å². The van der Waals surface area contributed by atoms with Gasteiger partial charge in [-0.25, -0.2) is 4.98 Å². The van der Waals surface area contributed by atoms with Crippen LogP contribution in [0.15, 0.2) is 45.9 Å². The van der Waals surface area contributed by atoms with Crippen molar-refractivity contribution in [2.24, 2.45) is 0 Å². The number of rotatable bonds is 2. The molecule has 4 rings (SSSR count). The molecule has 1 aromatic heterocycles. The first-order chi connectivity index (χ1) is 11.5.